The minimum Gasteiger partial charge on any atom is -0.443 e. The lowest BCUT2D eigenvalue weighted by Gasteiger charge is -2.24. The normalized spacial score (nSPS) is 19.4. The number of carbonyl (C=O) groups excluding carboxylic acids is 2. The first-order valence-corrected chi connectivity index (χ1v) is 9.18. The molecule has 9 heteroatoms. The van der Waals surface area contributed by atoms with Gasteiger partial charge in [0.05, 0.1) is 5.57 Å². The van der Waals surface area contributed by atoms with Gasteiger partial charge in [-0.05, 0) is 33.1 Å². The van der Waals surface area contributed by atoms with E-state index in [1.54, 1.807) is 20.8 Å². The van der Waals surface area contributed by atoms with Crippen LogP contribution in [0.15, 0.2) is 12.3 Å². The van der Waals surface area contributed by atoms with E-state index in [2.05, 4.69) is 22.2 Å². The molecule has 1 fully saturated rings. The predicted octanol–water partition coefficient (Wildman–Crippen LogP) is 2.72. The molecule has 148 valence electrons. The molecule has 27 heavy (non-hydrogen) atoms. The van der Waals surface area contributed by atoms with Gasteiger partial charge in [0.2, 0.25) is 0 Å². The second-order valence-electron chi connectivity index (χ2n) is 7.48. The highest BCUT2D eigenvalue weighted by Crippen LogP contribution is 2.33. The second-order valence-corrected chi connectivity index (χ2v) is 7.86. The van der Waals surface area contributed by atoms with E-state index in [1.165, 1.54) is 18.0 Å². The zero-order valence-electron chi connectivity index (χ0n) is 16.2. The average Bonchev–Trinajstić information content (AvgIpc) is 3.30. The zero-order chi connectivity index (χ0) is 20.4. The molecule has 1 aliphatic rings. The number of nitrogens with zero attached hydrogens (tertiary/aromatic N) is 3. The van der Waals surface area contributed by atoms with Gasteiger partial charge in [-0.2, -0.15) is 0 Å². The van der Waals surface area contributed by atoms with Gasteiger partial charge in [0.1, 0.15) is 16.6 Å². The van der Waals surface area contributed by atoms with Crippen molar-refractivity contribution in [3.05, 3.63) is 23.2 Å². The third kappa shape index (κ3) is 5.56. The summed E-state index contributed by atoms with van der Waals surface area (Å²) in [6, 6.07) is 1.55. The molecule has 0 bridgehead atoms. The van der Waals surface area contributed by atoms with Crippen molar-refractivity contribution in [3.63, 3.8) is 0 Å². The van der Waals surface area contributed by atoms with Crippen LogP contribution in [-0.2, 0) is 9.53 Å². The SMILES string of the molecule is CCC1CC1NC(=O)C(=CN)c1nc(Cl)cc(N(C)C(=O)OC(C)(C)C)n1. The van der Waals surface area contributed by atoms with Crippen LogP contribution in [0.3, 0.4) is 0 Å². The zero-order valence-corrected chi connectivity index (χ0v) is 17.0. The number of aromatic nitrogens is 2. The molecule has 2 atom stereocenters. The molecule has 1 aromatic heterocycles. The first kappa shape index (κ1) is 21.0. The summed E-state index contributed by atoms with van der Waals surface area (Å²) in [5.41, 5.74) is 5.07. The molecule has 3 N–H and O–H groups in total. The lowest BCUT2D eigenvalue weighted by atomic mass is 10.2. The summed E-state index contributed by atoms with van der Waals surface area (Å²) in [6.07, 6.45) is 2.49. The fourth-order valence-electron chi connectivity index (χ4n) is 2.50. The van der Waals surface area contributed by atoms with Crippen molar-refractivity contribution >= 4 is 35.0 Å². The number of hydrogen-bond donors (Lipinski definition) is 2. The third-order valence-corrected chi connectivity index (χ3v) is 4.30. The van der Waals surface area contributed by atoms with E-state index in [0.717, 1.165) is 19.0 Å². The molecule has 0 aliphatic heterocycles. The van der Waals surface area contributed by atoms with E-state index >= 15 is 0 Å². The summed E-state index contributed by atoms with van der Waals surface area (Å²) in [5.74, 6) is 0.361. The Bertz CT molecular complexity index is 760. The van der Waals surface area contributed by atoms with Crippen molar-refractivity contribution in [2.45, 2.75) is 52.2 Å². The maximum Gasteiger partial charge on any atom is 0.415 e. The molecular formula is C18H26ClN5O3. The van der Waals surface area contributed by atoms with Crippen LogP contribution in [0.4, 0.5) is 10.6 Å². The van der Waals surface area contributed by atoms with Crippen LogP contribution >= 0.6 is 11.6 Å². The molecule has 2 amide bonds. The number of hydrogen-bond acceptors (Lipinski definition) is 6. The Hall–Kier alpha value is -2.35. The largest absolute Gasteiger partial charge is 0.443 e. The van der Waals surface area contributed by atoms with E-state index in [0.29, 0.717) is 5.92 Å². The van der Waals surface area contributed by atoms with Crippen molar-refractivity contribution < 1.29 is 14.3 Å². The Kier molecular flexibility index (Phi) is 6.30. The van der Waals surface area contributed by atoms with Crippen LogP contribution in [-0.4, -0.2) is 40.7 Å². The molecule has 0 spiro atoms. The summed E-state index contributed by atoms with van der Waals surface area (Å²) in [6.45, 7) is 7.36. The van der Waals surface area contributed by atoms with Gasteiger partial charge in [0.25, 0.3) is 5.91 Å². The quantitative estimate of drug-likeness (QED) is 0.585. The minimum absolute atomic E-state index is 0.0432. The third-order valence-electron chi connectivity index (χ3n) is 4.11. The van der Waals surface area contributed by atoms with Crippen LogP contribution in [0.25, 0.3) is 5.57 Å². The van der Waals surface area contributed by atoms with Crippen LogP contribution in [0, 0.1) is 5.92 Å². The topological polar surface area (TPSA) is 110 Å². The molecule has 1 heterocycles. The highest BCUT2D eigenvalue weighted by molar-refractivity contribution is 6.30. The highest BCUT2D eigenvalue weighted by Gasteiger charge is 2.37. The Balaban J connectivity index is 2.22. The maximum absolute atomic E-state index is 12.5. The molecule has 8 nitrogen and oxygen atoms in total. The fourth-order valence-corrected chi connectivity index (χ4v) is 2.67. The van der Waals surface area contributed by atoms with Crippen molar-refractivity contribution in [1.82, 2.24) is 15.3 Å². The molecule has 0 aromatic carbocycles. The number of amides is 2. The van der Waals surface area contributed by atoms with E-state index in [1.807, 2.05) is 0 Å². The first-order chi connectivity index (χ1) is 12.6. The Morgan fingerprint density at radius 2 is 2.11 bits per heavy atom. The van der Waals surface area contributed by atoms with E-state index < -0.39 is 11.7 Å². The fraction of sp³-hybridized carbons (Fsp3) is 0.556. The molecule has 1 saturated carbocycles. The first-order valence-electron chi connectivity index (χ1n) is 8.80. The Morgan fingerprint density at radius 3 is 2.63 bits per heavy atom. The summed E-state index contributed by atoms with van der Waals surface area (Å²) < 4.78 is 5.32. The van der Waals surface area contributed by atoms with E-state index in [9.17, 15) is 9.59 Å². The van der Waals surface area contributed by atoms with Gasteiger partial charge in [0, 0.05) is 25.4 Å². The standard InChI is InChI=1S/C18H26ClN5O3/c1-6-10-7-12(10)21-16(25)11(9-20)15-22-13(19)8-14(23-15)24(5)17(26)27-18(2,3)4/h8-10,12H,6-7,20H2,1-5H3,(H,21,25). The number of nitrogens with two attached hydrogens (primary N) is 1. The monoisotopic (exact) mass is 395 g/mol. The molecule has 0 saturated heterocycles. The van der Waals surface area contributed by atoms with Gasteiger partial charge in [-0.1, -0.05) is 24.9 Å². The van der Waals surface area contributed by atoms with E-state index in [4.69, 9.17) is 22.1 Å². The summed E-state index contributed by atoms with van der Waals surface area (Å²) in [5, 5.41) is 2.99. The van der Waals surface area contributed by atoms with Gasteiger partial charge >= 0.3 is 6.09 Å². The summed E-state index contributed by atoms with van der Waals surface area (Å²) in [7, 11) is 1.50. The number of rotatable bonds is 5. The number of anilines is 1. The number of halogens is 1. The van der Waals surface area contributed by atoms with Gasteiger partial charge < -0.3 is 15.8 Å². The maximum atomic E-state index is 12.5. The predicted molar refractivity (Wildman–Crippen MR) is 104 cm³/mol. The summed E-state index contributed by atoms with van der Waals surface area (Å²) in [4.78, 5) is 34.3. The summed E-state index contributed by atoms with van der Waals surface area (Å²) >= 11 is 6.07. The Labute approximate surface area is 164 Å². The average molecular weight is 396 g/mol. The van der Waals surface area contributed by atoms with E-state index in [-0.39, 0.29) is 34.3 Å². The van der Waals surface area contributed by atoms with Crippen molar-refractivity contribution in [2.75, 3.05) is 11.9 Å². The minimum atomic E-state index is -0.659. The van der Waals surface area contributed by atoms with Crippen LogP contribution in [0.1, 0.15) is 46.4 Å². The lowest BCUT2D eigenvalue weighted by molar-refractivity contribution is -0.115. The highest BCUT2D eigenvalue weighted by atomic mass is 35.5. The molecule has 0 radical (unpaired) electrons. The van der Waals surface area contributed by atoms with Crippen LogP contribution < -0.4 is 16.0 Å². The lowest BCUT2D eigenvalue weighted by Crippen LogP contribution is -2.35. The van der Waals surface area contributed by atoms with Crippen molar-refractivity contribution in [2.24, 2.45) is 11.7 Å². The molecular weight excluding hydrogens is 370 g/mol. The van der Waals surface area contributed by atoms with Gasteiger partial charge in [-0.3, -0.25) is 9.69 Å². The van der Waals surface area contributed by atoms with Crippen molar-refractivity contribution in [3.8, 4) is 0 Å². The smallest absolute Gasteiger partial charge is 0.415 e. The molecule has 2 unspecified atom stereocenters. The second kappa shape index (κ2) is 8.12. The Morgan fingerprint density at radius 1 is 1.44 bits per heavy atom. The molecule has 2 rings (SSSR count). The van der Waals surface area contributed by atoms with Crippen molar-refractivity contribution in [1.29, 1.82) is 0 Å². The molecule has 1 aromatic rings. The van der Waals surface area contributed by atoms with Crippen LogP contribution in [0.2, 0.25) is 5.15 Å². The molecule has 1 aliphatic carbocycles. The van der Waals surface area contributed by atoms with Gasteiger partial charge in [0.15, 0.2) is 5.82 Å². The van der Waals surface area contributed by atoms with Gasteiger partial charge in [-0.25, -0.2) is 14.8 Å². The van der Waals surface area contributed by atoms with Crippen LogP contribution in [0.5, 0.6) is 0 Å². The number of ether oxygens (including phenoxy) is 1. The number of carbonyl (C=O) groups is 2. The van der Waals surface area contributed by atoms with Gasteiger partial charge in [-0.15, -0.1) is 0 Å². The number of nitrogens with one attached hydrogen (secondary N) is 1.